The predicted octanol–water partition coefficient (Wildman–Crippen LogP) is 1.26. The molecule has 1 heterocycles. The molecule has 0 aliphatic carbocycles. The van der Waals surface area contributed by atoms with Gasteiger partial charge in [0, 0.05) is 18.9 Å². The van der Waals surface area contributed by atoms with Crippen molar-refractivity contribution in [2.45, 2.75) is 19.4 Å². The molecule has 1 rings (SSSR count). The minimum absolute atomic E-state index is 0.220. The number of anilines is 1. The molecule has 0 spiro atoms. The van der Waals surface area contributed by atoms with Crippen LogP contribution in [0.2, 0.25) is 0 Å². The highest BCUT2D eigenvalue weighted by Gasteiger charge is 2.14. The number of pyridine rings is 1. The van der Waals surface area contributed by atoms with E-state index in [1.807, 2.05) is 13.8 Å². The van der Waals surface area contributed by atoms with Crippen molar-refractivity contribution in [3.63, 3.8) is 0 Å². The fourth-order valence-electron chi connectivity index (χ4n) is 1.16. The molecule has 16 heavy (non-hydrogen) atoms. The molecule has 0 aromatic carbocycles. The molecular formula is C12H15N3O. The van der Waals surface area contributed by atoms with Gasteiger partial charge < -0.3 is 10.6 Å². The monoisotopic (exact) mass is 217 g/mol. The van der Waals surface area contributed by atoms with Crippen LogP contribution in [0.15, 0.2) is 18.3 Å². The van der Waals surface area contributed by atoms with Crippen molar-refractivity contribution in [3.8, 4) is 12.3 Å². The minimum Gasteiger partial charge on any atom is -0.369 e. The lowest BCUT2D eigenvalue weighted by Gasteiger charge is -2.21. The third-order valence-corrected chi connectivity index (χ3v) is 2.04. The summed E-state index contributed by atoms with van der Waals surface area (Å²) in [7, 11) is 1.56. The van der Waals surface area contributed by atoms with Gasteiger partial charge in [-0.1, -0.05) is 5.92 Å². The molecule has 0 aliphatic rings. The molecule has 1 amide bonds. The van der Waals surface area contributed by atoms with E-state index in [0.29, 0.717) is 5.69 Å². The first-order valence-electron chi connectivity index (χ1n) is 4.92. The molecule has 0 bridgehead atoms. The van der Waals surface area contributed by atoms with Crippen molar-refractivity contribution < 1.29 is 4.79 Å². The van der Waals surface area contributed by atoms with E-state index in [-0.39, 0.29) is 5.91 Å². The van der Waals surface area contributed by atoms with Crippen molar-refractivity contribution in [1.29, 1.82) is 0 Å². The highest BCUT2D eigenvalue weighted by Crippen LogP contribution is 2.14. The van der Waals surface area contributed by atoms with Crippen LogP contribution in [-0.2, 0) is 0 Å². The normalized spacial score (nSPS) is 10.4. The number of carbonyl (C=O) groups excluding carboxylic acids is 1. The molecule has 0 radical (unpaired) electrons. The molecule has 0 saturated heterocycles. The summed E-state index contributed by atoms with van der Waals surface area (Å²) < 4.78 is 0. The number of amides is 1. The van der Waals surface area contributed by atoms with E-state index in [2.05, 4.69) is 21.5 Å². The highest BCUT2D eigenvalue weighted by atomic mass is 16.1. The lowest BCUT2D eigenvalue weighted by Crippen LogP contribution is -2.28. The third kappa shape index (κ3) is 2.99. The van der Waals surface area contributed by atoms with Gasteiger partial charge in [0.2, 0.25) is 0 Å². The molecule has 0 fully saturated rings. The van der Waals surface area contributed by atoms with Gasteiger partial charge in [-0.2, -0.15) is 0 Å². The fourth-order valence-corrected chi connectivity index (χ4v) is 1.16. The fraction of sp³-hybridized carbons (Fsp3) is 0.333. The van der Waals surface area contributed by atoms with Crippen molar-refractivity contribution in [1.82, 2.24) is 10.3 Å². The van der Waals surface area contributed by atoms with E-state index in [9.17, 15) is 4.79 Å². The average Bonchev–Trinajstić information content (AvgIpc) is 2.28. The minimum atomic E-state index is -0.457. The van der Waals surface area contributed by atoms with Crippen molar-refractivity contribution in [2.24, 2.45) is 0 Å². The van der Waals surface area contributed by atoms with Crippen molar-refractivity contribution >= 4 is 11.6 Å². The number of nitrogens with one attached hydrogen (secondary N) is 2. The summed E-state index contributed by atoms with van der Waals surface area (Å²) in [6.07, 6.45) is 6.94. The first-order chi connectivity index (χ1) is 7.48. The summed E-state index contributed by atoms with van der Waals surface area (Å²) in [6.45, 7) is 3.76. The Morgan fingerprint density at radius 3 is 2.81 bits per heavy atom. The lowest BCUT2D eigenvalue weighted by molar-refractivity contribution is 0.0958. The zero-order chi connectivity index (χ0) is 12.2. The summed E-state index contributed by atoms with van der Waals surface area (Å²) in [6, 6.07) is 3.43. The Bertz CT molecular complexity index is 432. The van der Waals surface area contributed by atoms with Gasteiger partial charge in [0.25, 0.3) is 5.91 Å². The topological polar surface area (TPSA) is 54.0 Å². The first-order valence-corrected chi connectivity index (χ1v) is 4.92. The Balaban J connectivity index is 2.92. The van der Waals surface area contributed by atoms with Crippen LogP contribution in [0.5, 0.6) is 0 Å². The van der Waals surface area contributed by atoms with Crippen LogP contribution in [0.3, 0.4) is 0 Å². The summed E-state index contributed by atoms with van der Waals surface area (Å²) in [4.78, 5) is 15.3. The van der Waals surface area contributed by atoms with Gasteiger partial charge in [0.05, 0.1) is 5.54 Å². The molecule has 1 aromatic heterocycles. The first kappa shape index (κ1) is 12.1. The molecule has 0 saturated carbocycles. The van der Waals surface area contributed by atoms with Crippen LogP contribution >= 0.6 is 0 Å². The smallest absolute Gasteiger partial charge is 0.269 e. The molecule has 1 aromatic rings. The van der Waals surface area contributed by atoms with Gasteiger partial charge in [-0.25, -0.2) is 0 Å². The zero-order valence-electron chi connectivity index (χ0n) is 9.66. The molecule has 4 nitrogen and oxygen atoms in total. The van der Waals surface area contributed by atoms with Crippen molar-refractivity contribution in [3.05, 3.63) is 24.0 Å². The number of rotatable bonds is 3. The number of nitrogens with zero attached hydrogens (tertiary/aromatic N) is 1. The Kier molecular flexibility index (Phi) is 3.51. The van der Waals surface area contributed by atoms with Crippen LogP contribution in [-0.4, -0.2) is 23.5 Å². The summed E-state index contributed by atoms with van der Waals surface area (Å²) in [5, 5.41) is 5.65. The summed E-state index contributed by atoms with van der Waals surface area (Å²) >= 11 is 0. The number of terminal acetylenes is 1. The largest absolute Gasteiger partial charge is 0.369 e. The Morgan fingerprint density at radius 1 is 1.56 bits per heavy atom. The van der Waals surface area contributed by atoms with Gasteiger partial charge in [-0.15, -0.1) is 6.42 Å². The number of hydrogen-bond acceptors (Lipinski definition) is 3. The van der Waals surface area contributed by atoms with Gasteiger partial charge in [0.1, 0.15) is 5.69 Å². The van der Waals surface area contributed by atoms with Gasteiger partial charge in [-0.05, 0) is 26.0 Å². The van der Waals surface area contributed by atoms with Gasteiger partial charge >= 0.3 is 0 Å². The quantitative estimate of drug-likeness (QED) is 0.749. The van der Waals surface area contributed by atoms with Crippen LogP contribution in [0.25, 0.3) is 0 Å². The van der Waals surface area contributed by atoms with E-state index < -0.39 is 5.54 Å². The van der Waals surface area contributed by atoms with Crippen LogP contribution in [0, 0.1) is 12.3 Å². The molecule has 0 aliphatic heterocycles. The zero-order valence-corrected chi connectivity index (χ0v) is 9.66. The lowest BCUT2D eigenvalue weighted by atomic mass is 10.1. The maximum atomic E-state index is 11.4. The number of hydrogen-bond donors (Lipinski definition) is 2. The Hall–Kier alpha value is -2.02. The second kappa shape index (κ2) is 4.67. The maximum absolute atomic E-state index is 11.4. The summed E-state index contributed by atoms with van der Waals surface area (Å²) in [5.74, 6) is 2.40. The highest BCUT2D eigenvalue weighted by molar-refractivity contribution is 5.92. The standard InChI is InChI=1S/C12H15N3O/c1-5-12(2,3)15-9-6-7-14-10(8-9)11(16)13-4/h1,6-8H,2-4H3,(H,13,16)(H,14,15). The molecule has 2 N–H and O–H groups in total. The van der Waals surface area contributed by atoms with Crippen LogP contribution < -0.4 is 10.6 Å². The molecule has 0 unspecified atom stereocenters. The van der Waals surface area contributed by atoms with Crippen LogP contribution in [0.4, 0.5) is 5.69 Å². The molecule has 84 valence electrons. The number of carbonyl (C=O) groups is 1. The van der Waals surface area contributed by atoms with E-state index >= 15 is 0 Å². The average molecular weight is 217 g/mol. The SMILES string of the molecule is C#CC(C)(C)Nc1ccnc(C(=O)NC)c1. The molecule has 4 heteroatoms. The summed E-state index contributed by atoms with van der Waals surface area (Å²) in [5.41, 5.74) is 0.679. The van der Waals surface area contributed by atoms with E-state index in [0.717, 1.165) is 5.69 Å². The van der Waals surface area contributed by atoms with Crippen molar-refractivity contribution in [2.75, 3.05) is 12.4 Å². The Labute approximate surface area is 95.5 Å². The Morgan fingerprint density at radius 2 is 2.25 bits per heavy atom. The maximum Gasteiger partial charge on any atom is 0.269 e. The molecular weight excluding hydrogens is 202 g/mol. The predicted molar refractivity (Wildman–Crippen MR) is 64.2 cm³/mol. The van der Waals surface area contributed by atoms with E-state index in [1.165, 1.54) is 0 Å². The third-order valence-electron chi connectivity index (χ3n) is 2.04. The van der Waals surface area contributed by atoms with Gasteiger partial charge in [0.15, 0.2) is 0 Å². The second-order valence-corrected chi connectivity index (χ2v) is 3.90. The van der Waals surface area contributed by atoms with E-state index in [1.54, 1.807) is 25.4 Å². The van der Waals surface area contributed by atoms with Crippen LogP contribution in [0.1, 0.15) is 24.3 Å². The van der Waals surface area contributed by atoms with Gasteiger partial charge in [-0.3, -0.25) is 9.78 Å². The van der Waals surface area contributed by atoms with E-state index in [4.69, 9.17) is 6.42 Å². The second-order valence-electron chi connectivity index (χ2n) is 3.90. The molecule has 0 atom stereocenters. The number of aromatic nitrogens is 1.